The van der Waals surface area contributed by atoms with Crippen LogP contribution < -0.4 is 4.74 Å². The highest BCUT2D eigenvalue weighted by atomic mass is 16.5. The number of hydrogen-bond acceptors (Lipinski definition) is 2. The van der Waals surface area contributed by atoms with E-state index < -0.39 is 0 Å². The van der Waals surface area contributed by atoms with Gasteiger partial charge in [-0.2, -0.15) is 0 Å². The van der Waals surface area contributed by atoms with Crippen molar-refractivity contribution in [1.82, 2.24) is 0 Å². The molecule has 2 nitrogen and oxygen atoms in total. The summed E-state index contributed by atoms with van der Waals surface area (Å²) in [6.07, 6.45) is 0. The van der Waals surface area contributed by atoms with E-state index in [9.17, 15) is 5.11 Å². The second-order valence-corrected chi connectivity index (χ2v) is 4.45. The van der Waals surface area contributed by atoms with Crippen LogP contribution in [-0.4, -0.2) is 12.2 Å². The van der Waals surface area contributed by atoms with Gasteiger partial charge in [0.25, 0.3) is 0 Å². The van der Waals surface area contributed by atoms with Crippen molar-refractivity contribution in [2.24, 2.45) is 0 Å². The summed E-state index contributed by atoms with van der Waals surface area (Å²) in [5, 5.41) is 11.9. The molecule has 0 saturated carbocycles. The molecule has 0 unspecified atom stereocenters. The summed E-state index contributed by atoms with van der Waals surface area (Å²) >= 11 is 0. The lowest BCUT2D eigenvalue weighted by Crippen LogP contribution is -1.84. The summed E-state index contributed by atoms with van der Waals surface area (Å²) < 4.78 is 5.23. The lowest BCUT2D eigenvalue weighted by atomic mass is 10.0. The van der Waals surface area contributed by atoms with Crippen molar-refractivity contribution >= 4 is 10.8 Å². The van der Waals surface area contributed by atoms with Crippen LogP contribution in [0.1, 0.15) is 0 Å². The third-order valence-corrected chi connectivity index (χ3v) is 3.25. The number of rotatable bonds is 2. The highest BCUT2D eigenvalue weighted by molar-refractivity contribution is 5.93. The molecular formula is C17H14O2. The van der Waals surface area contributed by atoms with E-state index >= 15 is 0 Å². The Morgan fingerprint density at radius 2 is 1.63 bits per heavy atom. The van der Waals surface area contributed by atoms with E-state index in [0.717, 1.165) is 27.6 Å². The zero-order valence-corrected chi connectivity index (χ0v) is 10.6. The number of aromatic hydroxyl groups is 1. The minimum Gasteiger partial charge on any atom is -0.507 e. The van der Waals surface area contributed by atoms with E-state index in [0.29, 0.717) is 5.75 Å². The normalized spacial score (nSPS) is 10.6. The predicted octanol–water partition coefficient (Wildman–Crippen LogP) is 4.22. The van der Waals surface area contributed by atoms with Gasteiger partial charge in [0.05, 0.1) is 7.11 Å². The smallest absolute Gasteiger partial charge is 0.124 e. The van der Waals surface area contributed by atoms with Crippen LogP contribution in [0, 0.1) is 0 Å². The molecule has 0 heterocycles. The number of methoxy groups -OCH3 is 1. The zero-order valence-electron chi connectivity index (χ0n) is 10.6. The molecule has 0 saturated heterocycles. The lowest BCUT2D eigenvalue weighted by Gasteiger charge is -2.08. The fourth-order valence-electron chi connectivity index (χ4n) is 2.25. The molecule has 94 valence electrons. The first kappa shape index (κ1) is 11.6. The summed E-state index contributed by atoms with van der Waals surface area (Å²) in [7, 11) is 1.64. The molecule has 3 aromatic carbocycles. The Kier molecular flexibility index (Phi) is 2.84. The summed E-state index contributed by atoms with van der Waals surface area (Å²) in [5.41, 5.74) is 2.08. The highest BCUT2D eigenvalue weighted by Crippen LogP contribution is 2.33. The average Bonchev–Trinajstić information content (AvgIpc) is 2.47. The SMILES string of the molecule is COc1ccc2c(O)cc(-c3ccccc3)cc2c1. The van der Waals surface area contributed by atoms with E-state index in [2.05, 4.69) is 6.07 Å². The zero-order chi connectivity index (χ0) is 13.2. The molecular weight excluding hydrogens is 236 g/mol. The molecule has 0 fully saturated rings. The van der Waals surface area contributed by atoms with Gasteiger partial charge in [0.15, 0.2) is 0 Å². The van der Waals surface area contributed by atoms with Crippen LogP contribution in [-0.2, 0) is 0 Å². The van der Waals surface area contributed by atoms with Gasteiger partial charge in [-0.05, 0) is 46.8 Å². The standard InChI is InChI=1S/C17H14O2/c1-19-15-7-8-16-14(10-15)9-13(11-17(16)18)12-5-3-2-4-6-12/h2-11,18H,1H3. The maximum absolute atomic E-state index is 10.1. The van der Waals surface area contributed by atoms with Crippen molar-refractivity contribution in [3.05, 3.63) is 60.7 Å². The predicted molar refractivity (Wildman–Crippen MR) is 77.6 cm³/mol. The molecule has 0 atom stereocenters. The molecule has 0 aliphatic carbocycles. The van der Waals surface area contributed by atoms with Gasteiger partial charge in [0, 0.05) is 5.39 Å². The fraction of sp³-hybridized carbons (Fsp3) is 0.0588. The van der Waals surface area contributed by atoms with Gasteiger partial charge in [-0.15, -0.1) is 0 Å². The van der Waals surface area contributed by atoms with Crippen molar-refractivity contribution in [3.8, 4) is 22.6 Å². The van der Waals surface area contributed by atoms with Crippen LogP contribution in [0.2, 0.25) is 0 Å². The van der Waals surface area contributed by atoms with Gasteiger partial charge in [-0.25, -0.2) is 0 Å². The molecule has 0 aliphatic rings. The first-order chi connectivity index (χ1) is 9.28. The van der Waals surface area contributed by atoms with E-state index in [1.54, 1.807) is 13.2 Å². The van der Waals surface area contributed by atoms with Crippen molar-refractivity contribution in [3.63, 3.8) is 0 Å². The summed E-state index contributed by atoms with van der Waals surface area (Å²) in [6, 6.07) is 19.5. The quantitative estimate of drug-likeness (QED) is 0.737. The second kappa shape index (κ2) is 4.65. The van der Waals surface area contributed by atoms with E-state index in [-0.39, 0.29) is 0 Å². The van der Waals surface area contributed by atoms with Crippen LogP contribution in [0.15, 0.2) is 60.7 Å². The van der Waals surface area contributed by atoms with Crippen molar-refractivity contribution in [2.45, 2.75) is 0 Å². The average molecular weight is 250 g/mol. The van der Waals surface area contributed by atoms with Crippen molar-refractivity contribution < 1.29 is 9.84 Å². The molecule has 0 radical (unpaired) electrons. The Morgan fingerprint density at radius 1 is 0.842 bits per heavy atom. The maximum atomic E-state index is 10.1. The Morgan fingerprint density at radius 3 is 2.37 bits per heavy atom. The number of fused-ring (bicyclic) bond motifs is 1. The number of phenols is 1. The van der Waals surface area contributed by atoms with Crippen molar-refractivity contribution in [1.29, 1.82) is 0 Å². The van der Waals surface area contributed by atoms with Gasteiger partial charge < -0.3 is 9.84 Å². The maximum Gasteiger partial charge on any atom is 0.124 e. The van der Waals surface area contributed by atoms with Crippen LogP contribution in [0.4, 0.5) is 0 Å². The molecule has 0 aromatic heterocycles. The molecule has 0 spiro atoms. The first-order valence-corrected chi connectivity index (χ1v) is 6.14. The molecule has 3 aromatic rings. The van der Waals surface area contributed by atoms with Crippen LogP contribution >= 0.6 is 0 Å². The minimum absolute atomic E-state index is 0.291. The van der Waals surface area contributed by atoms with Gasteiger partial charge in [-0.1, -0.05) is 30.3 Å². The number of benzene rings is 3. The van der Waals surface area contributed by atoms with Gasteiger partial charge >= 0.3 is 0 Å². The molecule has 1 N–H and O–H groups in total. The molecule has 0 amide bonds. The lowest BCUT2D eigenvalue weighted by molar-refractivity contribution is 0.415. The summed E-state index contributed by atoms with van der Waals surface area (Å²) in [6.45, 7) is 0. The first-order valence-electron chi connectivity index (χ1n) is 6.14. The van der Waals surface area contributed by atoms with Gasteiger partial charge in [0.1, 0.15) is 11.5 Å². The largest absolute Gasteiger partial charge is 0.507 e. The summed E-state index contributed by atoms with van der Waals surface area (Å²) in [4.78, 5) is 0. The Labute approximate surface area is 111 Å². The Balaban J connectivity index is 2.23. The Hall–Kier alpha value is -2.48. The van der Waals surface area contributed by atoms with Gasteiger partial charge in [0.2, 0.25) is 0 Å². The van der Waals surface area contributed by atoms with E-state index in [1.807, 2.05) is 48.5 Å². The topological polar surface area (TPSA) is 29.5 Å². The van der Waals surface area contributed by atoms with Gasteiger partial charge in [-0.3, -0.25) is 0 Å². The van der Waals surface area contributed by atoms with Crippen LogP contribution in [0.3, 0.4) is 0 Å². The van der Waals surface area contributed by atoms with E-state index in [1.165, 1.54) is 0 Å². The monoisotopic (exact) mass is 250 g/mol. The molecule has 19 heavy (non-hydrogen) atoms. The molecule has 3 rings (SSSR count). The molecule has 0 aliphatic heterocycles. The number of phenolic OH excluding ortho intramolecular Hbond substituents is 1. The Bertz CT molecular complexity index is 718. The van der Waals surface area contributed by atoms with Crippen molar-refractivity contribution in [2.75, 3.05) is 7.11 Å². The van der Waals surface area contributed by atoms with Crippen LogP contribution in [0.25, 0.3) is 21.9 Å². The molecule has 2 heteroatoms. The third-order valence-electron chi connectivity index (χ3n) is 3.25. The summed E-state index contributed by atoms with van der Waals surface area (Å²) in [5.74, 6) is 1.08. The fourth-order valence-corrected chi connectivity index (χ4v) is 2.25. The molecule has 0 bridgehead atoms. The third kappa shape index (κ3) is 2.13. The van der Waals surface area contributed by atoms with E-state index in [4.69, 9.17) is 4.74 Å². The highest BCUT2D eigenvalue weighted by Gasteiger charge is 2.05. The minimum atomic E-state index is 0.291. The van der Waals surface area contributed by atoms with Crippen LogP contribution in [0.5, 0.6) is 11.5 Å². The number of hydrogen-bond donors (Lipinski definition) is 1. The number of ether oxygens (including phenoxy) is 1. The second-order valence-electron chi connectivity index (χ2n) is 4.45.